The minimum atomic E-state index is -3.22. The quantitative estimate of drug-likeness (QED) is 0.711. The number of aryl methyl sites for hydroxylation is 1. The lowest BCUT2D eigenvalue weighted by molar-refractivity contribution is -0.119. The van der Waals surface area contributed by atoms with Crippen LogP contribution >= 0.6 is 0 Å². The largest absolute Gasteiger partial charge is 0.296 e. The number of carbonyl (C=O) groups is 1. The molecule has 1 saturated heterocycles. The number of sulfonamides is 1. The minimum absolute atomic E-state index is 0.0161. The van der Waals surface area contributed by atoms with Crippen LogP contribution in [0.25, 0.3) is 0 Å². The van der Waals surface area contributed by atoms with Crippen LogP contribution in [0.3, 0.4) is 0 Å². The molecule has 4 rings (SSSR count). The van der Waals surface area contributed by atoms with E-state index in [0.29, 0.717) is 37.7 Å². The van der Waals surface area contributed by atoms with E-state index in [9.17, 15) is 13.2 Å². The first-order valence-corrected chi connectivity index (χ1v) is 13.2. The third-order valence-corrected chi connectivity index (χ3v) is 8.88. The lowest BCUT2D eigenvalue weighted by atomic mass is 9.88. The minimum Gasteiger partial charge on any atom is -0.296 e. The van der Waals surface area contributed by atoms with Crippen LogP contribution in [0, 0.1) is 12.8 Å². The molecule has 2 fully saturated rings. The Hall–Kier alpha value is -1.54. The smallest absolute Gasteiger partial charge is 0.228 e. The number of carbonyl (C=O) groups excluding carboxylic acids is 1. The highest BCUT2D eigenvalue weighted by Gasteiger charge is 2.34. The van der Waals surface area contributed by atoms with E-state index in [1.807, 2.05) is 11.8 Å². The Morgan fingerprint density at radius 1 is 1.03 bits per heavy atom. The van der Waals surface area contributed by atoms with Crippen molar-refractivity contribution in [1.82, 2.24) is 14.3 Å². The average Bonchev–Trinajstić information content (AvgIpc) is 2.76. The number of hydrogen-bond donors (Lipinski definition) is 0. The molecule has 7 nitrogen and oxygen atoms in total. The zero-order valence-corrected chi connectivity index (χ0v) is 19.1. The number of rotatable bonds is 5. The van der Waals surface area contributed by atoms with E-state index in [2.05, 4.69) is 0 Å². The topological polar surface area (TPSA) is 83.5 Å². The third kappa shape index (κ3) is 4.40. The van der Waals surface area contributed by atoms with Crippen molar-refractivity contribution in [1.29, 1.82) is 0 Å². The van der Waals surface area contributed by atoms with Crippen molar-refractivity contribution in [3.8, 4) is 0 Å². The first-order valence-electron chi connectivity index (χ1n) is 11.5. The predicted molar refractivity (Wildman–Crippen MR) is 117 cm³/mol. The Morgan fingerprint density at radius 3 is 2.53 bits per heavy atom. The molecule has 1 aromatic heterocycles. The van der Waals surface area contributed by atoms with Crippen molar-refractivity contribution in [3.63, 3.8) is 0 Å². The molecule has 1 atom stereocenters. The first-order chi connectivity index (χ1) is 14.4. The Kier molecular flexibility index (Phi) is 6.44. The first kappa shape index (κ1) is 21.7. The molecule has 30 heavy (non-hydrogen) atoms. The van der Waals surface area contributed by atoms with Crippen molar-refractivity contribution in [2.75, 3.05) is 30.3 Å². The van der Waals surface area contributed by atoms with Gasteiger partial charge in [-0.25, -0.2) is 22.7 Å². The highest BCUT2D eigenvalue weighted by molar-refractivity contribution is 7.89. The molecular weight excluding hydrogens is 400 g/mol. The van der Waals surface area contributed by atoms with Crippen LogP contribution in [0.15, 0.2) is 0 Å². The van der Waals surface area contributed by atoms with Gasteiger partial charge in [-0.15, -0.1) is 0 Å². The number of anilines is 1. The summed E-state index contributed by atoms with van der Waals surface area (Å²) in [6.45, 7) is 5.45. The monoisotopic (exact) mass is 434 g/mol. The fraction of sp³-hybridized carbons (Fsp3) is 0.773. The lowest BCUT2D eigenvalue weighted by Crippen LogP contribution is -2.42. The number of amides is 1. The van der Waals surface area contributed by atoms with Crippen molar-refractivity contribution in [2.24, 2.45) is 5.92 Å². The molecule has 1 amide bonds. The SMILES string of the molecule is CCS(=O)(=O)N1CCC[C@H](c2nc(C)c3c(n2)N(CC2CCCCC2)C(=O)CC3)C1. The van der Waals surface area contributed by atoms with Crippen LogP contribution in [0.5, 0.6) is 0 Å². The van der Waals surface area contributed by atoms with Crippen molar-refractivity contribution < 1.29 is 13.2 Å². The van der Waals surface area contributed by atoms with E-state index < -0.39 is 10.0 Å². The van der Waals surface area contributed by atoms with E-state index in [0.717, 1.165) is 36.5 Å². The second-order valence-corrected chi connectivity index (χ2v) is 11.3. The van der Waals surface area contributed by atoms with E-state index in [4.69, 9.17) is 9.97 Å². The molecule has 3 aliphatic rings. The van der Waals surface area contributed by atoms with Crippen LogP contribution in [-0.4, -0.2) is 54.0 Å². The summed E-state index contributed by atoms with van der Waals surface area (Å²) in [6.07, 6.45) is 9.07. The van der Waals surface area contributed by atoms with Crippen LogP contribution in [0.2, 0.25) is 0 Å². The van der Waals surface area contributed by atoms with Gasteiger partial charge in [0.15, 0.2) is 0 Å². The number of fused-ring (bicyclic) bond motifs is 1. The number of aromatic nitrogens is 2. The van der Waals surface area contributed by atoms with Gasteiger partial charge in [0.1, 0.15) is 11.6 Å². The molecule has 8 heteroatoms. The zero-order chi connectivity index (χ0) is 21.3. The van der Waals surface area contributed by atoms with Gasteiger partial charge in [0.2, 0.25) is 15.9 Å². The second kappa shape index (κ2) is 8.91. The summed E-state index contributed by atoms with van der Waals surface area (Å²) in [6, 6.07) is 0. The molecule has 0 unspecified atom stereocenters. The van der Waals surface area contributed by atoms with Crippen LogP contribution in [-0.2, 0) is 21.2 Å². The number of hydrogen-bond acceptors (Lipinski definition) is 5. The number of piperidine rings is 1. The third-order valence-electron chi connectivity index (χ3n) is 7.03. The standard InChI is InChI=1S/C22H34N4O3S/c1-3-30(28,29)25-13-7-10-18(15-25)21-23-16(2)19-11-12-20(27)26(22(19)24-21)14-17-8-5-4-6-9-17/h17-18H,3-15H2,1-2H3/t18-/m0/s1. The molecule has 0 N–H and O–H groups in total. The Labute approximate surface area is 180 Å². The van der Waals surface area contributed by atoms with Gasteiger partial charge in [-0.3, -0.25) is 9.69 Å². The highest BCUT2D eigenvalue weighted by Crippen LogP contribution is 2.34. The molecule has 0 radical (unpaired) electrons. The van der Waals surface area contributed by atoms with Gasteiger partial charge in [-0.05, 0) is 51.9 Å². The van der Waals surface area contributed by atoms with Gasteiger partial charge in [0, 0.05) is 43.2 Å². The van der Waals surface area contributed by atoms with Crippen molar-refractivity contribution in [3.05, 3.63) is 17.1 Å². The summed E-state index contributed by atoms with van der Waals surface area (Å²) >= 11 is 0. The van der Waals surface area contributed by atoms with Gasteiger partial charge in [-0.2, -0.15) is 0 Å². The fourth-order valence-electron chi connectivity index (χ4n) is 5.19. The second-order valence-electron chi connectivity index (χ2n) is 9.08. The van der Waals surface area contributed by atoms with Crippen LogP contribution in [0.1, 0.15) is 81.3 Å². The van der Waals surface area contributed by atoms with Crippen molar-refractivity contribution >= 4 is 21.7 Å². The zero-order valence-electron chi connectivity index (χ0n) is 18.3. The van der Waals surface area contributed by atoms with E-state index in [-0.39, 0.29) is 17.6 Å². The van der Waals surface area contributed by atoms with Gasteiger partial charge < -0.3 is 0 Å². The molecule has 1 aliphatic carbocycles. The molecular formula is C22H34N4O3S. The van der Waals surface area contributed by atoms with E-state index in [1.54, 1.807) is 11.2 Å². The molecule has 3 heterocycles. The molecule has 2 aliphatic heterocycles. The summed E-state index contributed by atoms with van der Waals surface area (Å²) in [5.74, 6) is 2.30. The lowest BCUT2D eigenvalue weighted by Gasteiger charge is -2.35. The Morgan fingerprint density at radius 2 is 1.80 bits per heavy atom. The highest BCUT2D eigenvalue weighted by atomic mass is 32.2. The maximum atomic E-state index is 12.8. The fourth-order valence-corrected chi connectivity index (χ4v) is 6.37. The van der Waals surface area contributed by atoms with E-state index >= 15 is 0 Å². The van der Waals surface area contributed by atoms with Crippen LogP contribution in [0.4, 0.5) is 5.82 Å². The Balaban J connectivity index is 1.62. The maximum Gasteiger partial charge on any atom is 0.228 e. The summed E-state index contributed by atoms with van der Waals surface area (Å²) in [5.41, 5.74) is 2.02. The summed E-state index contributed by atoms with van der Waals surface area (Å²) in [5, 5.41) is 0. The summed E-state index contributed by atoms with van der Waals surface area (Å²) in [7, 11) is -3.22. The Bertz CT molecular complexity index is 896. The molecule has 0 bridgehead atoms. The molecule has 1 saturated carbocycles. The average molecular weight is 435 g/mol. The van der Waals surface area contributed by atoms with Gasteiger partial charge in [0.25, 0.3) is 0 Å². The normalized spacial score (nSPS) is 24.1. The summed E-state index contributed by atoms with van der Waals surface area (Å²) in [4.78, 5) is 24.4. The van der Waals surface area contributed by atoms with Crippen molar-refractivity contribution in [2.45, 2.75) is 77.6 Å². The summed E-state index contributed by atoms with van der Waals surface area (Å²) < 4.78 is 26.3. The van der Waals surface area contributed by atoms with Gasteiger partial charge >= 0.3 is 0 Å². The molecule has 1 aromatic rings. The number of nitrogens with zero attached hydrogens (tertiary/aromatic N) is 4. The van der Waals surface area contributed by atoms with Gasteiger partial charge in [-0.1, -0.05) is 19.3 Å². The van der Waals surface area contributed by atoms with Gasteiger partial charge in [0.05, 0.1) is 5.75 Å². The van der Waals surface area contributed by atoms with E-state index in [1.165, 1.54) is 32.1 Å². The molecule has 166 valence electrons. The predicted octanol–water partition coefficient (Wildman–Crippen LogP) is 3.17. The molecule has 0 spiro atoms. The maximum absolute atomic E-state index is 12.8. The van der Waals surface area contributed by atoms with Crippen LogP contribution < -0.4 is 4.90 Å². The molecule has 0 aromatic carbocycles.